The van der Waals surface area contributed by atoms with E-state index in [-0.39, 0.29) is 0 Å². The van der Waals surface area contributed by atoms with E-state index in [2.05, 4.69) is 34.1 Å². The molecule has 1 heterocycles. The van der Waals surface area contributed by atoms with Crippen LogP contribution in [0.15, 0.2) is 73.1 Å². The molecule has 1 aromatic heterocycles. The third-order valence-corrected chi connectivity index (χ3v) is 4.04. The highest BCUT2D eigenvalue weighted by Gasteiger charge is 2.10. The molecule has 0 fully saturated rings. The minimum absolute atomic E-state index is 0.776. The van der Waals surface area contributed by atoms with Gasteiger partial charge in [0.2, 0.25) is 0 Å². The van der Waals surface area contributed by atoms with Gasteiger partial charge in [-0.1, -0.05) is 24.3 Å². The Morgan fingerprint density at radius 1 is 0.760 bits per heavy atom. The van der Waals surface area contributed by atoms with Crippen LogP contribution in [-0.4, -0.2) is 19.2 Å². The first-order valence-electron chi connectivity index (χ1n) is 8.19. The fourth-order valence-electron chi connectivity index (χ4n) is 2.78. The van der Waals surface area contributed by atoms with Gasteiger partial charge in [0.05, 0.1) is 14.2 Å². The Hall–Kier alpha value is -3.01. The van der Waals surface area contributed by atoms with Gasteiger partial charge >= 0.3 is 0 Å². The number of methoxy groups -OCH3 is 2. The SMILES string of the molecule is COc1cccc(CN(Cc2cccc(OC)c2)c2ccncc2)c1. The number of ether oxygens (including phenoxy) is 2. The van der Waals surface area contributed by atoms with Crippen LogP contribution >= 0.6 is 0 Å². The normalized spacial score (nSPS) is 10.3. The van der Waals surface area contributed by atoms with Gasteiger partial charge in [-0.25, -0.2) is 0 Å². The van der Waals surface area contributed by atoms with Gasteiger partial charge in [0.1, 0.15) is 11.5 Å². The van der Waals surface area contributed by atoms with Crippen molar-refractivity contribution in [1.82, 2.24) is 4.98 Å². The highest BCUT2D eigenvalue weighted by Crippen LogP contribution is 2.23. The average Bonchev–Trinajstić information content (AvgIpc) is 2.68. The number of pyridine rings is 1. The van der Waals surface area contributed by atoms with E-state index in [1.165, 1.54) is 11.1 Å². The third-order valence-electron chi connectivity index (χ3n) is 4.04. The summed E-state index contributed by atoms with van der Waals surface area (Å²) >= 11 is 0. The maximum Gasteiger partial charge on any atom is 0.119 e. The van der Waals surface area contributed by atoms with Crippen LogP contribution < -0.4 is 14.4 Å². The molecule has 0 saturated heterocycles. The molecule has 0 aliphatic heterocycles. The van der Waals surface area contributed by atoms with Crippen molar-refractivity contribution in [3.63, 3.8) is 0 Å². The molecular formula is C21H22N2O2. The summed E-state index contributed by atoms with van der Waals surface area (Å²) in [6, 6.07) is 20.4. The Kier molecular flexibility index (Phi) is 5.52. The van der Waals surface area contributed by atoms with Gasteiger partial charge in [-0.05, 0) is 47.5 Å². The van der Waals surface area contributed by atoms with Crippen LogP contribution in [0.25, 0.3) is 0 Å². The van der Waals surface area contributed by atoms with Crippen molar-refractivity contribution < 1.29 is 9.47 Å². The van der Waals surface area contributed by atoms with Crippen molar-refractivity contribution in [2.75, 3.05) is 19.1 Å². The van der Waals surface area contributed by atoms with Crippen molar-refractivity contribution in [3.05, 3.63) is 84.2 Å². The molecule has 4 nitrogen and oxygen atoms in total. The lowest BCUT2D eigenvalue weighted by Crippen LogP contribution is -2.22. The second-order valence-electron chi connectivity index (χ2n) is 5.76. The van der Waals surface area contributed by atoms with Crippen LogP contribution in [0.5, 0.6) is 11.5 Å². The van der Waals surface area contributed by atoms with Crippen LogP contribution in [0, 0.1) is 0 Å². The molecule has 0 saturated carbocycles. The Labute approximate surface area is 148 Å². The largest absolute Gasteiger partial charge is 0.497 e. The lowest BCUT2D eigenvalue weighted by atomic mass is 10.1. The first-order chi connectivity index (χ1) is 12.3. The molecule has 0 atom stereocenters. The second-order valence-corrected chi connectivity index (χ2v) is 5.76. The fourth-order valence-corrected chi connectivity index (χ4v) is 2.78. The van der Waals surface area contributed by atoms with Gasteiger partial charge in [-0.3, -0.25) is 4.98 Å². The lowest BCUT2D eigenvalue weighted by Gasteiger charge is -2.25. The van der Waals surface area contributed by atoms with Gasteiger partial charge in [-0.2, -0.15) is 0 Å². The van der Waals surface area contributed by atoms with E-state index in [9.17, 15) is 0 Å². The third kappa shape index (κ3) is 4.51. The van der Waals surface area contributed by atoms with E-state index in [1.807, 2.05) is 48.8 Å². The van der Waals surface area contributed by atoms with Gasteiger partial charge in [0.15, 0.2) is 0 Å². The minimum atomic E-state index is 0.776. The summed E-state index contributed by atoms with van der Waals surface area (Å²) in [4.78, 5) is 6.44. The van der Waals surface area contributed by atoms with E-state index < -0.39 is 0 Å². The van der Waals surface area contributed by atoms with E-state index >= 15 is 0 Å². The predicted molar refractivity (Wildman–Crippen MR) is 100 cm³/mol. The van der Waals surface area contributed by atoms with Crippen LogP contribution in [0.2, 0.25) is 0 Å². The van der Waals surface area contributed by atoms with E-state index in [1.54, 1.807) is 14.2 Å². The molecule has 0 N–H and O–H groups in total. The topological polar surface area (TPSA) is 34.6 Å². The Morgan fingerprint density at radius 2 is 1.28 bits per heavy atom. The molecule has 25 heavy (non-hydrogen) atoms. The summed E-state index contributed by atoms with van der Waals surface area (Å²) < 4.78 is 10.7. The molecule has 0 amide bonds. The molecule has 0 aliphatic carbocycles. The Balaban J connectivity index is 1.87. The standard InChI is InChI=1S/C21H22N2O2/c1-24-20-7-3-5-17(13-20)15-23(19-9-11-22-12-10-19)16-18-6-4-8-21(14-18)25-2/h3-14H,15-16H2,1-2H3. The van der Waals surface area contributed by atoms with E-state index in [0.717, 1.165) is 30.3 Å². The van der Waals surface area contributed by atoms with E-state index in [4.69, 9.17) is 9.47 Å². The summed E-state index contributed by atoms with van der Waals surface area (Å²) in [5.74, 6) is 1.74. The Bertz CT molecular complexity index is 756. The summed E-state index contributed by atoms with van der Waals surface area (Å²) in [5, 5.41) is 0. The van der Waals surface area contributed by atoms with Gasteiger partial charge in [0.25, 0.3) is 0 Å². The first-order valence-corrected chi connectivity index (χ1v) is 8.19. The molecular weight excluding hydrogens is 312 g/mol. The number of hydrogen-bond acceptors (Lipinski definition) is 4. The fraction of sp³-hybridized carbons (Fsp3) is 0.190. The molecule has 2 aromatic carbocycles. The summed E-state index contributed by atoms with van der Waals surface area (Å²) in [6.45, 7) is 1.55. The smallest absolute Gasteiger partial charge is 0.119 e. The van der Waals surface area contributed by atoms with Crippen LogP contribution in [0.4, 0.5) is 5.69 Å². The van der Waals surface area contributed by atoms with Gasteiger partial charge in [0, 0.05) is 31.2 Å². The quantitative estimate of drug-likeness (QED) is 0.645. The van der Waals surface area contributed by atoms with Crippen LogP contribution in [-0.2, 0) is 13.1 Å². The number of rotatable bonds is 7. The van der Waals surface area contributed by atoms with Crippen molar-refractivity contribution in [1.29, 1.82) is 0 Å². The van der Waals surface area contributed by atoms with Gasteiger partial charge < -0.3 is 14.4 Å². The zero-order valence-corrected chi connectivity index (χ0v) is 14.6. The molecule has 3 rings (SSSR count). The summed E-state index contributed by atoms with van der Waals surface area (Å²) in [5.41, 5.74) is 3.51. The zero-order valence-electron chi connectivity index (χ0n) is 14.6. The highest BCUT2D eigenvalue weighted by atomic mass is 16.5. The van der Waals surface area contributed by atoms with E-state index in [0.29, 0.717) is 0 Å². The van der Waals surface area contributed by atoms with Crippen molar-refractivity contribution in [2.24, 2.45) is 0 Å². The highest BCUT2D eigenvalue weighted by molar-refractivity contribution is 5.47. The monoisotopic (exact) mass is 334 g/mol. The maximum absolute atomic E-state index is 5.35. The number of aromatic nitrogens is 1. The Morgan fingerprint density at radius 3 is 1.76 bits per heavy atom. The number of hydrogen-bond donors (Lipinski definition) is 0. The van der Waals surface area contributed by atoms with Gasteiger partial charge in [-0.15, -0.1) is 0 Å². The number of anilines is 1. The first kappa shape index (κ1) is 16.8. The molecule has 128 valence electrons. The van der Waals surface area contributed by atoms with Crippen molar-refractivity contribution in [2.45, 2.75) is 13.1 Å². The van der Waals surface area contributed by atoms with Crippen LogP contribution in [0.1, 0.15) is 11.1 Å². The van der Waals surface area contributed by atoms with Crippen molar-refractivity contribution in [3.8, 4) is 11.5 Å². The molecule has 0 unspecified atom stereocenters. The molecule has 4 heteroatoms. The molecule has 3 aromatic rings. The zero-order chi connectivity index (χ0) is 17.5. The second kappa shape index (κ2) is 8.20. The van der Waals surface area contributed by atoms with Crippen LogP contribution in [0.3, 0.4) is 0 Å². The lowest BCUT2D eigenvalue weighted by molar-refractivity contribution is 0.414. The molecule has 0 bridgehead atoms. The number of nitrogens with zero attached hydrogens (tertiary/aromatic N) is 2. The molecule has 0 radical (unpaired) electrons. The average molecular weight is 334 g/mol. The maximum atomic E-state index is 5.35. The predicted octanol–water partition coefficient (Wildman–Crippen LogP) is 4.31. The molecule has 0 aliphatic rings. The van der Waals surface area contributed by atoms with Crippen molar-refractivity contribution >= 4 is 5.69 Å². The number of benzene rings is 2. The minimum Gasteiger partial charge on any atom is -0.497 e. The molecule has 0 spiro atoms. The summed E-state index contributed by atoms with van der Waals surface area (Å²) in [7, 11) is 3.38. The summed E-state index contributed by atoms with van der Waals surface area (Å²) in [6.07, 6.45) is 3.64.